The molecule has 0 atom stereocenters. The van der Waals surface area contributed by atoms with E-state index in [1.54, 1.807) is 43.5 Å². The van der Waals surface area contributed by atoms with Crippen molar-refractivity contribution in [3.8, 4) is 9.88 Å². The van der Waals surface area contributed by atoms with Crippen LogP contribution in [0.5, 0.6) is 0 Å². The van der Waals surface area contributed by atoms with E-state index < -0.39 is 24.0 Å². The zero-order valence-electron chi connectivity index (χ0n) is 15.7. The minimum absolute atomic E-state index is 0.155. The molecule has 1 N–H and O–H groups in total. The summed E-state index contributed by atoms with van der Waals surface area (Å²) in [5.74, 6) is -1.47. The van der Waals surface area contributed by atoms with Gasteiger partial charge < -0.3 is 10.1 Å². The lowest BCUT2D eigenvalue weighted by atomic mass is 9.96. The molecule has 0 fully saturated rings. The number of nitrogens with zero attached hydrogens (tertiary/aromatic N) is 2. The summed E-state index contributed by atoms with van der Waals surface area (Å²) in [7, 11) is 0. The van der Waals surface area contributed by atoms with Gasteiger partial charge in [0, 0.05) is 5.38 Å². The topological polar surface area (TPSA) is 88.6 Å². The van der Waals surface area contributed by atoms with Crippen molar-refractivity contribution < 1.29 is 19.1 Å². The van der Waals surface area contributed by atoms with Gasteiger partial charge in [-0.05, 0) is 37.4 Å². The van der Waals surface area contributed by atoms with Gasteiger partial charge in [-0.25, -0.2) is 9.78 Å². The van der Waals surface area contributed by atoms with Crippen LogP contribution in [-0.4, -0.2) is 34.9 Å². The van der Waals surface area contributed by atoms with Gasteiger partial charge in [0.05, 0.1) is 16.3 Å². The molecule has 4 rings (SSSR count). The molecule has 0 bridgehead atoms. The first kappa shape index (κ1) is 19.3. The van der Waals surface area contributed by atoms with Crippen molar-refractivity contribution in [1.29, 1.82) is 0 Å². The first-order chi connectivity index (χ1) is 13.9. The Morgan fingerprint density at radius 3 is 2.72 bits per heavy atom. The molecule has 0 saturated carbocycles. The summed E-state index contributed by atoms with van der Waals surface area (Å²) in [5.41, 5.74) is 0.135. The summed E-state index contributed by atoms with van der Waals surface area (Å²) in [6.45, 7) is 2.80. The van der Waals surface area contributed by atoms with Crippen LogP contribution in [0.25, 0.3) is 9.88 Å². The van der Waals surface area contributed by atoms with Gasteiger partial charge in [-0.15, -0.1) is 22.7 Å². The van der Waals surface area contributed by atoms with E-state index in [1.165, 1.54) is 27.6 Å². The van der Waals surface area contributed by atoms with Crippen LogP contribution in [0.15, 0.2) is 47.2 Å². The molecule has 148 valence electrons. The molecule has 0 spiro atoms. The van der Waals surface area contributed by atoms with Gasteiger partial charge in [-0.3, -0.25) is 14.5 Å². The number of carbonyl (C=O) groups is 3. The van der Waals surface area contributed by atoms with Crippen molar-refractivity contribution >= 4 is 51.8 Å². The molecule has 7 nitrogen and oxygen atoms in total. The highest BCUT2D eigenvalue weighted by Gasteiger charge is 2.43. The van der Waals surface area contributed by atoms with E-state index in [0.717, 1.165) is 9.88 Å². The average Bonchev–Trinajstić information content (AvgIpc) is 3.38. The van der Waals surface area contributed by atoms with Gasteiger partial charge in [-0.1, -0.05) is 18.2 Å². The van der Waals surface area contributed by atoms with Gasteiger partial charge in [0.2, 0.25) is 5.91 Å². The predicted molar refractivity (Wildman–Crippen MR) is 112 cm³/mol. The molecule has 2 amide bonds. The van der Waals surface area contributed by atoms with Crippen molar-refractivity contribution in [1.82, 2.24) is 4.98 Å². The molecule has 0 unspecified atom stereocenters. The number of benzene rings is 1. The lowest BCUT2D eigenvalue weighted by molar-refractivity contribution is -0.128. The number of rotatable bonds is 4. The van der Waals surface area contributed by atoms with Crippen molar-refractivity contribution in [3.05, 3.63) is 52.9 Å². The minimum atomic E-state index is -1.12. The van der Waals surface area contributed by atoms with E-state index in [9.17, 15) is 14.4 Å². The van der Waals surface area contributed by atoms with Crippen LogP contribution < -0.4 is 10.2 Å². The number of aromatic nitrogens is 1. The Labute approximate surface area is 175 Å². The lowest BCUT2D eigenvalue weighted by Gasteiger charge is -2.41. The van der Waals surface area contributed by atoms with Gasteiger partial charge in [0.25, 0.3) is 5.91 Å². The Balaban J connectivity index is 1.49. The molecule has 0 aliphatic carbocycles. The monoisotopic (exact) mass is 427 g/mol. The van der Waals surface area contributed by atoms with Crippen molar-refractivity contribution in [3.63, 3.8) is 0 Å². The molecular formula is C20H17N3O4S2. The van der Waals surface area contributed by atoms with E-state index in [2.05, 4.69) is 10.3 Å². The molecular weight excluding hydrogens is 410 g/mol. The van der Waals surface area contributed by atoms with Gasteiger partial charge >= 0.3 is 5.97 Å². The summed E-state index contributed by atoms with van der Waals surface area (Å²) in [4.78, 5) is 44.3. The highest BCUT2D eigenvalue weighted by molar-refractivity contribution is 7.20. The molecule has 1 aliphatic rings. The molecule has 0 saturated heterocycles. The second-order valence-electron chi connectivity index (χ2n) is 6.85. The highest BCUT2D eigenvalue weighted by Crippen LogP contribution is 2.36. The average molecular weight is 428 g/mol. The second-order valence-corrected chi connectivity index (χ2v) is 8.66. The van der Waals surface area contributed by atoms with Crippen molar-refractivity contribution in [2.45, 2.75) is 19.4 Å². The summed E-state index contributed by atoms with van der Waals surface area (Å²) >= 11 is 2.87. The smallest absolute Gasteiger partial charge is 0.358 e. The number of thiazole rings is 1. The number of hydrogen-bond acceptors (Lipinski definition) is 7. The maximum atomic E-state index is 12.9. The first-order valence-electron chi connectivity index (χ1n) is 8.78. The number of fused-ring (bicyclic) bond motifs is 1. The number of carbonyl (C=O) groups excluding carboxylic acids is 3. The third-order valence-corrected chi connectivity index (χ3v) is 6.41. The second kappa shape index (κ2) is 7.41. The first-order valence-corrected chi connectivity index (χ1v) is 10.5. The number of thiophene rings is 1. The van der Waals surface area contributed by atoms with Crippen LogP contribution >= 0.6 is 22.7 Å². The van der Waals surface area contributed by atoms with E-state index >= 15 is 0 Å². The third kappa shape index (κ3) is 3.54. The van der Waals surface area contributed by atoms with Crippen LogP contribution in [0.1, 0.15) is 24.3 Å². The Morgan fingerprint density at radius 2 is 1.97 bits per heavy atom. The standard InChI is InChI=1S/C20H17N3O4S2/c1-20(2)19(26)22-12-6-3-4-7-14(12)23(20)16(24)10-27-18(25)13-11-29-17(21-13)15-8-5-9-28-15/h3-9,11H,10H2,1-2H3,(H,22,26). The lowest BCUT2D eigenvalue weighted by Crippen LogP contribution is -2.59. The summed E-state index contributed by atoms with van der Waals surface area (Å²) in [5, 5.41) is 7.06. The number of nitrogens with one attached hydrogen (secondary N) is 1. The molecule has 2 aromatic heterocycles. The number of amides is 2. The number of hydrogen-bond donors (Lipinski definition) is 1. The zero-order chi connectivity index (χ0) is 20.6. The predicted octanol–water partition coefficient (Wildman–Crippen LogP) is 3.79. The van der Waals surface area contributed by atoms with Gasteiger partial charge in [-0.2, -0.15) is 0 Å². The maximum Gasteiger partial charge on any atom is 0.358 e. The summed E-state index contributed by atoms with van der Waals surface area (Å²) < 4.78 is 5.20. The van der Waals surface area contributed by atoms with Gasteiger partial charge in [0.1, 0.15) is 10.5 Å². The number of para-hydroxylation sites is 2. The number of esters is 1. The Hall–Kier alpha value is -3.04. The van der Waals surface area contributed by atoms with E-state index in [-0.39, 0.29) is 11.6 Å². The molecule has 3 heterocycles. The summed E-state index contributed by atoms with van der Waals surface area (Å²) in [6.07, 6.45) is 0. The third-order valence-electron chi connectivity index (χ3n) is 4.53. The Morgan fingerprint density at radius 1 is 1.17 bits per heavy atom. The van der Waals surface area contributed by atoms with Crippen LogP contribution in [0, 0.1) is 0 Å². The maximum absolute atomic E-state index is 12.9. The fraction of sp³-hybridized carbons (Fsp3) is 0.200. The van der Waals surface area contributed by atoms with Gasteiger partial charge in [0.15, 0.2) is 12.3 Å². The zero-order valence-corrected chi connectivity index (χ0v) is 17.3. The largest absolute Gasteiger partial charge is 0.451 e. The molecule has 29 heavy (non-hydrogen) atoms. The van der Waals surface area contributed by atoms with Crippen LogP contribution in [0.4, 0.5) is 11.4 Å². The Kier molecular flexibility index (Phi) is 4.93. The molecule has 1 aromatic carbocycles. The number of ether oxygens (including phenoxy) is 1. The van der Waals surface area contributed by atoms with E-state index in [4.69, 9.17) is 4.74 Å². The number of anilines is 2. The van der Waals surface area contributed by atoms with Crippen molar-refractivity contribution in [2.75, 3.05) is 16.8 Å². The van der Waals surface area contributed by atoms with Crippen LogP contribution in [0.3, 0.4) is 0 Å². The normalized spacial score (nSPS) is 14.8. The SMILES string of the molecule is CC1(C)C(=O)Nc2ccccc2N1C(=O)COC(=O)c1csc(-c2cccs2)n1. The highest BCUT2D eigenvalue weighted by atomic mass is 32.1. The quantitative estimate of drug-likeness (QED) is 0.640. The minimum Gasteiger partial charge on any atom is -0.451 e. The summed E-state index contributed by atoms with van der Waals surface area (Å²) in [6, 6.07) is 10.8. The fourth-order valence-corrected chi connectivity index (χ4v) is 4.65. The molecule has 1 aliphatic heterocycles. The van der Waals surface area contributed by atoms with Crippen molar-refractivity contribution in [2.24, 2.45) is 0 Å². The molecule has 9 heteroatoms. The fourth-order valence-electron chi connectivity index (χ4n) is 3.05. The van der Waals surface area contributed by atoms with E-state index in [0.29, 0.717) is 11.4 Å². The molecule has 0 radical (unpaired) electrons. The van der Waals surface area contributed by atoms with Crippen LogP contribution in [0.2, 0.25) is 0 Å². The van der Waals surface area contributed by atoms with E-state index in [1.807, 2.05) is 17.5 Å². The molecule has 3 aromatic rings. The van der Waals surface area contributed by atoms with Crippen LogP contribution in [-0.2, 0) is 14.3 Å². The Bertz CT molecular complexity index is 1090.